The molecule has 16 heavy (non-hydrogen) atoms. The Labute approximate surface area is 96.5 Å². The van der Waals surface area contributed by atoms with Gasteiger partial charge in [0.2, 0.25) is 0 Å². The van der Waals surface area contributed by atoms with E-state index in [1.54, 1.807) is 4.90 Å². The Morgan fingerprint density at radius 3 is 2.50 bits per heavy atom. The van der Waals surface area contributed by atoms with Crippen LogP contribution in [0.2, 0.25) is 6.32 Å². The lowest BCUT2D eigenvalue weighted by atomic mass is 9.80. The highest BCUT2D eigenvalue weighted by molar-refractivity contribution is 6.40. The number of amides is 1. The maximum absolute atomic E-state index is 11.7. The molecule has 0 aromatic heterocycles. The molecule has 5 nitrogen and oxygen atoms in total. The third kappa shape index (κ3) is 4.02. The molecule has 1 aliphatic heterocycles. The fourth-order valence-electron chi connectivity index (χ4n) is 1.64. The predicted molar refractivity (Wildman–Crippen MR) is 61.0 cm³/mol. The van der Waals surface area contributed by atoms with Gasteiger partial charge in [-0.25, -0.2) is 4.79 Å². The van der Waals surface area contributed by atoms with Gasteiger partial charge in [0, 0.05) is 12.6 Å². The predicted octanol–water partition coefficient (Wildman–Crippen LogP) is 0.859. The van der Waals surface area contributed by atoms with Crippen molar-refractivity contribution in [2.75, 3.05) is 6.54 Å². The second kappa shape index (κ2) is 5.06. The number of nitrogens with zero attached hydrogens (tertiary/aromatic N) is 1. The summed E-state index contributed by atoms with van der Waals surface area (Å²) < 4.78 is 5.24. The quantitative estimate of drug-likeness (QED) is 0.704. The van der Waals surface area contributed by atoms with Crippen LogP contribution in [-0.2, 0) is 4.74 Å². The minimum atomic E-state index is -1.29. The second-order valence-electron chi connectivity index (χ2n) is 5.17. The summed E-state index contributed by atoms with van der Waals surface area (Å²) >= 11 is 0. The van der Waals surface area contributed by atoms with Gasteiger partial charge in [0.25, 0.3) is 0 Å². The fraction of sp³-hybridized carbons (Fsp3) is 0.900. The highest BCUT2D eigenvalue weighted by Crippen LogP contribution is 2.24. The number of hydrogen-bond acceptors (Lipinski definition) is 4. The molecule has 1 amide bonds. The largest absolute Gasteiger partial charge is 0.451 e. The van der Waals surface area contributed by atoms with Crippen LogP contribution in [-0.4, -0.2) is 46.3 Å². The molecule has 1 atom stereocenters. The van der Waals surface area contributed by atoms with Gasteiger partial charge < -0.3 is 19.7 Å². The summed E-state index contributed by atoms with van der Waals surface area (Å²) in [6.07, 6.45) is 1.50. The van der Waals surface area contributed by atoms with Gasteiger partial charge in [0.15, 0.2) is 0 Å². The lowest BCUT2D eigenvalue weighted by Gasteiger charge is -2.41. The molecular weight excluding hydrogens is 209 g/mol. The van der Waals surface area contributed by atoms with Crippen LogP contribution in [0.25, 0.3) is 0 Å². The Morgan fingerprint density at radius 1 is 1.50 bits per heavy atom. The van der Waals surface area contributed by atoms with Gasteiger partial charge in [0.05, 0.1) is 0 Å². The molecule has 2 N–H and O–H groups in total. The third-order valence-corrected chi connectivity index (χ3v) is 2.53. The lowest BCUT2D eigenvalue weighted by Crippen LogP contribution is -2.52. The first-order valence-electron chi connectivity index (χ1n) is 5.65. The first-order valence-corrected chi connectivity index (χ1v) is 5.65. The topological polar surface area (TPSA) is 70.0 Å². The van der Waals surface area contributed by atoms with Crippen LogP contribution in [0.15, 0.2) is 0 Å². The molecule has 0 aromatic rings. The van der Waals surface area contributed by atoms with E-state index in [0.717, 1.165) is 6.42 Å². The molecule has 0 spiro atoms. The first-order chi connectivity index (χ1) is 7.29. The summed E-state index contributed by atoms with van der Waals surface area (Å²) in [5.74, 6) is 0. The molecule has 1 fully saturated rings. The average Bonchev–Trinajstić information content (AvgIpc) is 1.96. The average molecular weight is 229 g/mol. The SMILES string of the molecule is CC(C)(C)OC(=O)N1CCC1CCB(O)O. The van der Waals surface area contributed by atoms with E-state index in [0.29, 0.717) is 19.3 Å². The standard InChI is InChI=1S/C10H20BNO4/c1-10(2,3)16-9(13)12-7-5-8(12)4-6-11(14)15/h8,14-15H,4-7H2,1-3H3. The maximum atomic E-state index is 11.7. The van der Waals surface area contributed by atoms with Crippen molar-refractivity contribution in [3.05, 3.63) is 0 Å². The zero-order chi connectivity index (χ0) is 12.3. The van der Waals surface area contributed by atoms with E-state index in [4.69, 9.17) is 14.8 Å². The maximum Gasteiger partial charge on any atom is 0.451 e. The molecule has 6 heteroatoms. The number of hydrogen-bond donors (Lipinski definition) is 2. The summed E-state index contributed by atoms with van der Waals surface area (Å²) in [6.45, 7) is 6.19. The minimum absolute atomic E-state index is 0.0941. The van der Waals surface area contributed by atoms with Crippen LogP contribution in [0.3, 0.4) is 0 Å². The van der Waals surface area contributed by atoms with Crippen LogP contribution in [0.4, 0.5) is 4.79 Å². The van der Waals surface area contributed by atoms with Gasteiger partial charge in [-0.3, -0.25) is 0 Å². The molecule has 0 radical (unpaired) electrons. The van der Waals surface area contributed by atoms with E-state index in [-0.39, 0.29) is 12.1 Å². The van der Waals surface area contributed by atoms with Gasteiger partial charge >= 0.3 is 13.2 Å². The smallest absolute Gasteiger partial charge is 0.444 e. The Balaban J connectivity index is 2.34. The minimum Gasteiger partial charge on any atom is -0.444 e. The zero-order valence-corrected chi connectivity index (χ0v) is 10.1. The van der Waals surface area contributed by atoms with Crippen molar-refractivity contribution < 1.29 is 19.6 Å². The van der Waals surface area contributed by atoms with Gasteiger partial charge in [-0.05, 0) is 39.9 Å². The molecule has 0 aliphatic carbocycles. The first kappa shape index (κ1) is 13.3. The summed E-state index contributed by atoms with van der Waals surface area (Å²) in [4.78, 5) is 13.3. The molecule has 0 saturated carbocycles. The highest BCUT2D eigenvalue weighted by Gasteiger charge is 2.35. The molecule has 0 bridgehead atoms. The Bertz CT molecular complexity index is 252. The van der Waals surface area contributed by atoms with E-state index in [1.807, 2.05) is 20.8 Å². The normalized spacial score (nSPS) is 20.3. The zero-order valence-electron chi connectivity index (χ0n) is 10.1. The number of rotatable bonds is 3. The summed E-state index contributed by atoms with van der Waals surface area (Å²) in [6, 6.07) is 0.0941. The lowest BCUT2D eigenvalue weighted by molar-refractivity contribution is -0.00602. The molecule has 1 unspecified atom stereocenters. The van der Waals surface area contributed by atoms with Crippen LogP contribution in [0.1, 0.15) is 33.6 Å². The monoisotopic (exact) mass is 229 g/mol. The summed E-state index contributed by atoms with van der Waals surface area (Å²) in [5, 5.41) is 17.5. The van der Waals surface area contributed by atoms with Crippen LogP contribution < -0.4 is 0 Å². The van der Waals surface area contributed by atoms with Gasteiger partial charge in [0.1, 0.15) is 5.60 Å². The Hall–Kier alpha value is -0.745. The van der Waals surface area contributed by atoms with Crippen molar-refractivity contribution in [2.24, 2.45) is 0 Å². The number of carbonyl (C=O) groups excluding carboxylic acids is 1. The van der Waals surface area contributed by atoms with E-state index >= 15 is 0 Å². The van der Waals surface area contributed by atoms with Crippen LogP contribution >= 0.6 is 0 Å². The van der Waals surface area contributed by atoms with Crippen molar-refractivity contribution in [1.82, 2.24) is 4.90 Å². The van der Waals surface area contributed by atoms with Crippen LogP contribution in [0.5, 0.6) is 0 Å². The number of likely N-dealkylation sites (tertiary alicyclic amines) is 1. The van der Waals surface area contributed by atoms with Crippen LogP contribution in [0, 0.1) is 0 Å². The van der Waals surface area contributed by atoms with Crippen molar-refractivity contribution >= 4 is 13.2 Å². The molecule has 92 valence electrons. The fourth-order valence-corrected chi connectivity index (χ4v) is 1.64. The third-order valence-electron chi connectivity index (χ3n) is 2.53. The Kier molecular flexibility index (Phi) is 4.21. The summed E-state index contributed by atoms with van der Waals surface area (Å²) in [7, 11) is -1.29. The molecule has 1 rings (SSSR count). The molecule has 1 aliphatic rings. The van der Waals surface area contributed by atoms with E-state index in [1.165, 1.54) is 0 Å². The molecular formula is C10H20BNO4. The molecule has 1 heterocycles. The molecule has 0 aromatic carbocycles. The van der Waals surface area contributed by atoms with Crippen molar-refractivity contribution in [1.29, 1.82) is 0 Å². The Morgan fingerprint density at radius 2 is 2.12 bits per heavy atom. The van der Waals surface area contributed by atoms with Crippen molar-refractivity contribution in [3.8, 4) is 0 Å². The number of ether oxygens (including phenoxy) is 1. The van der Waals surface area contributed by atoms with Crippen molar-refractivity contribution in [3.63, 3.8) is 0 Å². The van der Waals surface area contributed by atoms with E-state index in [2.05, 4.69) is 0 Å². The van der Waals surface area contributed by atoms with E-state index in [9.17, 15) is 4.79 Å². The van der Waals surface area contributed by atoms with E-state index < -0.39 is 12.7 Å². The van der Waals surface area contributed by atoms with Gasteiger partial charge in [-0.2, -0.15) is 0 Å². The van der Waals surface area contributed by atoms with Gasteiger partial charge in [-0.1, -0.05) is 0 Å². The number of carbonyl (C=O) groups is 1. The molecule has 1 saturated heterocycles. The summed E-state index contributed by atoms with van der Waals surface area (Å²) in [5.41, 5.74) is -0.478. The highest BCUT2D eigenvalue weighted by atomic mass is 16.6. The van der Waals surface area contributed by atoms with Gasteiger partial charge in [-0.15, -0.1) is 0 Å². The second-order valence-corrected chi connectivity index (χ2v) is 5.17. The van der Waals surface area contributed by atoms with Crippen molar-refractivity contribution in [2.45, 2.75) is 51.6 Å².